The van der Waals surface area contributed by atoms with Crippen molar-refractivity contribution in [2.24, 2.45) is 5.92 Å². The van der Waals surface area contributed by atoms with E-state index in [1.165, 1.54) is 12.1 Å². The Hall–Kier alpha value is -1.54. The van der Waals surface area contributed by atoms with E-state index in [1.807, 2.05) is 17.0 Å². The zero-order valence-corrected chi connectivity index (χ0v) is 13.8. The van der Waals surface area contributed by atoms with E-state index in [4.69, 9.17) is 4.74 Å². The molecule has 2 aliphatic heterocycles. The number of nitrogens with one attached hydrogen (secondary N) is 3. The van der Waals surface area contributed by atoms with Gasteiger partial charge in [0, 0.05) is 45.1 Å². The van der Waals surface area contributed by atoms with Crippen LogP contribution in [0.2, 0.25) is 0 Å². The van der Waals surface area contributed by atoms with Crippen molar-refractivity contribution in [1.29, 1.82) is 0 Å². The van der Waals surface area contributed by atoms with E-state index >= 15 is 0 Å². The van der Waals surface area contributed by atoms with Crippen molar-refractivity contribution in [1.82, 2.24) is 21.1 Å². The van der Waals surface area contributed by atoms with Crippen LogP contribution in [0.1, 0.15) is 18.0 Å². The minimum Gasteiger partial charge on any atom is -0.378 e. The van der Waals surface area contributed by atoms with Crippen LogP contribution in [-0.4, -0.2) is 56.7 Å². The summed E-state index contributed by atoms with van der Waals surface area (Å²) in [6.45, 7) is 4.98. The first-order valence-corrected chi connectivity index (χ1v) is 8.54. The zero-order chi connectivity index (χ0) is 16.8. The topological polar surface area (TPSA) is 65.6 Å². The molecule has 2 saturated heterocycles. The Morgan fingerprint density at radius 3 is 2.79 bits per heavy atom. The lowest BCUT2D eigenvalue weighted by atomic mass is 9.95. The van der Waals surface area contributed by atoms with Gasteiger partial charge in [0.15, 0.2) is 0 Å². The fourth-order valence-corrected chi connectivity index (χ4v) is 3.20. The Kier molecular flexibility index (Phi) is 6.14. The lowest BCUT2D eigenvalue weighted by Crippen LogP contribution is -2.42. The number of hydrogen-bond acceptors (Lipinski definition) is 5. The Morgan fingerprint density at radius 1 is 1.29 bits per heavy atom. The number of nitrogens with zero attached hydrogens (tertiary/aromatic N) is 1. The highest BCUT2D eigenvalue weighted by Gasteiger charge is 2.27. The molecule has 0 bridgehead atoms. The SMILES string of the molecule is O=C(CCNCC1CNNC1c1ccc(F)cc1)N1CCOCC1. The molecule has 0 saturated carbocycles. The van der Waals surface area contributed by atoms with Crippen LogP contribution in [0.4, 0.5) is 4.39 Å². The van der Waals surface area contributed by atoms with Gasteiger partial charge in [-0.25, -0.2) is 9.82 Å². The van der Waals surface area contributed by atoms with E-state index in [9.17, 15) is 9.18 Å². The summed E-state index contributed by atoms with van der Waals surface area (Å²) in [7, 11) is 0. The number of hydrogen-bond donors (Lipinski definition) is 3. The van der Waals surface area contributed by atoms with Gasteiger partial charge in [-0.15, -0.1) is 0 Å². The summed E-state index contributed by atoms with van der Waals surface area (Å²) in [5.41, 5.74) is 7.47. The van der Waals surface area contributed by atoms with Crippen LogP contribution in [0.15, 0.2) is 24.3 Å². The molecule has 0 spiro atoms. The summed E-state index contributed by atoms with van der Waals surface area (Å²) in [4.78, 5) is 13.9. The van der Waals surface area contributed by atoms with Gasteiger partial charge in [0.2, 0.25) is 5.91 Å². The molecule has 2 fully saturated rings. The number of benzene rings is 1. The van der Waals surface area contributed by atoms with Crippen molar-refractivity contribution in [2.75, 3.05) is 45.9 Å². The number of carbonyl (C=O) groups excluding carboxylic acids is 1. The number of hydrazine groups is 1. The molecule has 2 unspecified atom stereocenters. The van der Waals surface area contributed by atoms with Crippen molar-refractivity contribution in [3.05, 3.63) is 35.6 Å². The maximum absolute atomic E-state index is 13.1. The summed E-state index contributed by atoms with van der Waals surface area (Å²) in [6.07, 6.45) is 0.509. The average molecular weight is 336 g/mol. The van der Waals surface area contributed by atoms with Crippen LogP contribution in [0, 0.1) is 11.7 Å². The van der Waals surface area contributed by atoms with E-state index in [0.29, 0.717) is 45.2 Å². The van der Waals surface area contributed by atoms with Crippen LogP contribution in [-0.2, 0) is 9.53 Å². The van der Waals surface area contributed by atoms with Gasteiger partial charge in [-0.1, -0.05) is 12.1 Å². The van der Waals surface area contributed by atoms with E-state index in [-0.39, 0.29) is 17.8 Å². The zero-order valence-electron chi connectivity index (χ0n) is 13.8. The third-order valence-electron chi connectivity index (χ3n) is 4.61. The van der Waals surface area contributed by atoms with Crippen LogP contribution < -0.4 is 16.2 Å². The van der Waals surface area contributed by atoms with Gasteiger partial charge in [-0.3, -0.25) is 10.2 Å². The normalized spacial score (nSPS) is 24.3. The van der Waals surface area contributed by atoms with Gasteiger partial charge in [-0.05, 0) is 17.7 Å². The number of ether oxygens (including phenoxy) is 1. The van der Waals surface area contributed by atoms with E-state index in [1.54, 1.807) is 0 Å². The predicted molar refractivity (Wildman–Crippen MR) is 88.7 cm³/mol. The van der Waals surface area contributed by atoms with Gasteiger partial charge < -0.3 is 15.0 Å². The lowest BCUT2D eigenvalue weighted by Gasteiger charge is -2.27. The van der Waals surface area contributed by atoms with Crippen molar-refractivity contribution in [3.63, 3.8) is 0 Å². The molecule has 24 heavy (non-hydrogen) atoms. The van der Waals surface area contributed by atoms with Crippen LogP contribution in [0.25, 0.3) is 0 Å². The molecule has 3 rings (SSSR count). The number of rotatable bonds is 6. The quantitative estimate of drug-likeness (QED) is 0.658. The third-order valence-corrected chi connectivity index (χ3v) is 4.61. The van der Waals surface area contributed by atoms with E-state index < -0.39 is 0 Å². The minimum atomic E-state index is -0.221. The molecule has 132 valence electrons. The van der Waals surface area contributed by atoms with Crippen molar-refractivity contribution in [2.45, 2.75) is 12.5 Å². The molecule has 0 aromatic heterocycles. The summed E-state index contributed by atoms with van der Waals surface area (Å²) in [5, 5.41) is 3.38. The highest BCUT2D eigenvalue weighted by molar-refractivity contribution is 5.76. The molecule has 6 nitrogen and oxygen atoms in total. The standard InChI is InChI=1S/C17H25FN4O2/c18-15-3-1-13(2-4-15)17-14(12-20-21-17)11-19-6-5-16(23)22-7-9-24-10-8-22/h1-4,14,17,19-21H,5-12H2. The predicted octanol–water partition coefficient (Wildman–Crippen LogP) is 0.429. The first kappa shape index (κ1) is 17.3. The number of halogens is 1. The Bertz CT molecular complexity index is 534. The van der Waals surface area contributed by atoms with Gasteiger partial charge in [-0.2, -0.15) is 0 Å². The van der Waals surface area contributed by atoms with Crippen molar-refractivity contribution >= 4 is 5.91 Å². The van der Waals surface area contributed by atoms with Crippen LogP contribution >= 0.6 is 0 Å². The maximum atomic E-state index is 13.1. The molecule has 1 aromatic rings. The first-order chi connectivity index (χ1) is 11.7. The van der Waals surface area contributed by atoms with Crippen LogP contribution in [0.5, 0.6) is 0 Å². The summed E-state index contributed by atoms with van der Waals surface area (Å²) < 4.78 is 18.3. The number of amides is 1. The molecule has 0 radical (unpaired) electrons. The molecule has 0 aliphatic carbocycles. The van der Waals surface area contributed by atoms with Gasteiger partial charge in [0.1, 0.15) is 5.82 Å². The summed E-state index contributed by atoms with van der Waals surface area (Å²) in [5.74, 6) is 0.318. The highest BCUT2D eigenvalue weighted by atomic mass is 19.1. The first-order valence-electron chi connectivity index (χ1n) is 8.54. The average Bonchev–Trinajstić information content (AvgIpc) is 3.08. The van der Waals surface area contributed by atoms with Gasteiger partial charge in [0.05, 0.1) is 19.3 Å². The third kappa shape index (κ3) is 4.51. The Balaban J connectivity index is 1.40. The number of carbonyl (C=O) groups is 1. The fourth-order valence-electron chi connectivity index (χ4n) is 3.20. The molecule has 3 N–H and O–H groups in total. The van der Waals surface area contributed by atoms with Crippen molar-refractivity contribution < 1.29 is 13.9 Å². The monoisotopic (exact) mass is 336 g/mol. The minimum absolute atomic E-state index is 0.146. The molecular formula is C17H25FN4O2. The van der Waals surface area contributed by atoms with Crippen LogP contribution in [0.3, 0.4) is 0 Å². The molecule has 1 aromatic carbocycles. The largest absolute Gasteiger partial charge is 0.378 e. The Labute approximate surface area is 141 Å². The second kappa shape index (κ2) is 8.53. The van der Waals surface area contributed by atoms with Gasteiger partial charge in [0.25, 0.3) is 0 Å². The van der Waals surface area contributed by atoms with E-state index in [0.717, 1.165) is 18.7 Å². The summed E-state index contributed by atoms with van der Waals surface area (Å²) in [6, 6.07) is 6.75. The summed E-state index contributed by atoms with van der Waals surface area (Å²) >= 11 is 0. The second-order valence-electron chi connectivity index (χ2n) is 6.26. The molecule has 7 heteroatoms. The molecule has 2 heterocycles. The fraction of sp³-hybridized carbons (Fsp3) is 0.588. The Morgan fingerprint density at radius 2 is 2.04 bits per heavy atom. The van der Waals surface area contributed by atoms with E-state index in [2.05, 4.69) is 16.2 Å². The van der Waals surface area contributed by atoms with Crippen molar-refractivity contribution in [3.8, 4) is 0 Å². The smallest absolute Gasteiger partial charge is 0.224 e. The lowest BCUT2D eigenvalue weighted by molar-refractivity contribution is -0.135. The highest BCUT2D eigenvalue weighted by Crippen LogP contribution is 2.24. The molecular weight excluding hydrogens is 311 g/mol. The molecule has 1 amide bonds. The molecule has 2 aliphatic rings. The van der Waals surface area contributed by atoms with Gasteiger partial charge >= 0.3 is 0 Å². The second-order valence-corrected chi connectivity index (χ2v) is 6.26. The maximum Gasteiger partial charge on any atom is 0.224 e. The number of morpholine rings is 1. The molecule has 2 atom stereocenters.